The van der Waals surface area contributed by atoms with Gasteiger partial charge in [-0.15, -0.1) is 0 Å². The van der Waals surface area contributed by atoms with Crippen LogP contribution in [0.2, 0.25) is 0 Å². The van der Waals surface area contributed by atoms with E-state index in [-0.39, 0.29) is 18.1 Å². The van der Waals surface area contributed by atoms with Crippen molar-refractivity contribution in [1.29, 1.82) is 0 Å². The van der Waals surface area contributed by atoms with E-state index in [1.165, 1.54) is 0 Å². The van der Waals surface area contributed by atoms with Crippen molar-refractivity contribution in [2.75, 3.05) is 33.8 Å². The van der Waals surface area contributed by atoms with Crippen LogP contribution in [0.15, 0.2) is 72.1 Å². The number of para-hydroxylation sites is 1. The van der Waals surface area contributed by atoms with Crippen molar-refractivity contribution < 1.29 is 19.1 Å². The molecule has 1 aromatic heterocycles. The van der Waals surface area contributed by atoms with Crippen molar-refractivity contribution in [3.63, 3.8) is 0 Å². The largest absolute Gasteiger partial charge is 0.386 e. The number of hydrogen-bond donors (Lipinski definition) is 0. The van der Waals surface area contributed by atoms with Crippen molar-refractivity contribution >= 4 is 28.4 Å². The Bertz CT molecular complexity index is 1330. The third kappa shape index (κ3) is 3.75. The Morgan fingerprint density at radius 3 is 2.69 bits per heavy atom. The zero-order chi connectivity index (χ0) is 24.1. The molecule has 1 aliphatic carbocycles. The number of esters is 2. The van der Waals surface area contributed by atoms with E-state index in [2.05, 4.69) is 46.7 Å². The molecule has 180 valence electrons. The second-order valence-electron chi connectivity index (χ2n) is 9.83. The molecule has 2 aromatic rings. The van der Waals surface area contributed by atoms with Gasteiger partial charge in [-0.1, -0.05) is 42.5 Å². The number of fused-ring (bicyclic) bond motifs is 11. The van der Waals surface area contributed by atoms with Gasteiger partial charge in [0.1, 0.15) is 0 Å². The van der Waals surface area contributed by atoms with Crippen molar-refractivity contribution in [1.82, 2.24) is 14.4 Å². The van der Waals surface area contributed by atoms with Gasteiger partial charge >= 0.3 is 11.9 Å². The Labute approximate surface area is 204 Å². The normalized spacial score (nSPS) is 26.2. The highest BCUT2D eigenvalue weighted by Gasteiger charge is 2.44. The number of allylic oxidation sites excluding steroid dienone is 2. The van der Waals surface area contributed by atoms with Crippen molar-refractivity contribution in [3.8, 4) is 0 Å². The summed E-state index contributed by atoms with van der Waals surface area (Å²) in [7, 11) is 4.13. The molecule has 4 aliphatic rings. The molecule has 3 aliphatic heterocycles. The zero-order valence-corrected chi connectivity index (χ0v) is 20.0. The minimum Gasteiger partial charge on any atom is -0.386 e. The molecule has 3 atom stereocenters. The number of aromatic nitrogens is 1. The lowest BCUT2D eigenvalue weighted by atomic mass is 9.84. The molecule has 0 fully saturated rings. The standard InChI is InChI=1S/C28H29N3O4/c1-29(2)15-18-11-12-30-16-21(19-7-3-5-9-23(19)30)25-26(28(33)35-27(25)32)22-17-31(13-14-34-18)24-10-6-4-8-20(22)24/h3-10,16-18,20,24H,11-15H2,1-2H3/t18-,20?,24?/m1/s1. The maximum Gasteiger partial charge on any atom is 0.347 e. The average molecular weight is 472 g/mol. The lowest BCUT2D eigenvalue weighted by Gasteiger charge is -2.29. The highest BCUT2D eigenvalue weighted by molar-refractivity contribution is 6.34. The Kier molecular flexibility index (Phi) is 5.46. The van der Waals surface area contributed by atoms with Gasteiger partial charge < -0.3 is 23.8 Å². The van der Waals surface area contributed by atoms with Crippen LogP contribution in [0.1, 0.15) is 12.0 Å². The Balaban J connectivity index is 1.54. The Hall–Kier alpha value is -3.42. The van der Waals surface area contributed by atoms with Gasteiger partial charge in [0, 0.05) is 54.4 Å². The van der Waals surface area contributed by atoms with Gasteiger partial charge in [0.25, 0.3) is 0 Å². The van der Waals surface area contributed by atoms with Gasteiger partial charge in [-0.25, -0.2) is 9.59 Å². The minimum atomic E-state index is -0.569. The first-order chi connectivity index (χ1) is 17.0. The molecule has 0 spiro atoms. The Morgan fingerprint density at radius 1 is 1.03 bits per heavy atom. The molecular weight excluding hydrogens is 442 g/mol. The minimum absolute atomic E-state index is 0.0282. The number of carbonyl (C=O) groups is 2. The molecule has 0 saturated carbocycles. The topological polar surface area (TPSA) is 64.0 Å². The number of likely N-dealkylation sites (N-methyl/N-ethyl adjacent to an activating group) is 1. The monoisotopic (exact) mass is 471 g/mol. The Morgan fingerprint density at radius 2 is 1.83 bits per heavy atom. The summed E-state index contributed by atoms with van der Waals surface area (Å²) in [5, 5.41) is 0.942. The van der Waals surface area contributed by atoms with Gasteiger partial charge in [0.2, 0.25) is 0 Å². The fraction of sp³-hybridized carbons (Fsp3) is 0.357. The molecule has 7 heteroatoms. The predicted octanol–water partition coefficient (Wildman–Crippen LogP) is 3.14. The lowest BCUT2D eigenvalue weighted by molar-refractivity contribution is -0.150. The summed E-state index contributed by atoms with van der Waals surface area (Å²) in [5.74, 6) is -1.16. The van der Waals surface area contributed by atoms with Crippen LogP contribution < -0.4 is 0 Å². The number of ether oxygens (including phenoxy) is 2. The summed E-state index contributed by atoms with van der Waals surface area (Å²) in [6, 6.07) is 8.11. The molecule has 0 N–H and O–H groups in total. The van der Waals surface area contributed by atoms with E-state index in [4.69, 9.17) is 9.47 Å². The fourth-order valence-corrected chi connectivity index (χ4v) is 5.77. The molecule has 7 nitrogen and oxygen atoms in total. The van der Waals surface area contributed by atoms with Crippen LogP contribution in [0.25, 0.3) is 16.5 Å². The van der Waals surface area contributed by atoms with Crippen LogP contribution in [0, 0.1) is 5.92 Å². The van der Waals surface area contributed by atoms with Crippen LogP contribution in [0.4, 0.5) is 0 Å². The first-order valence-electron chi connectivity index (χ1n) is 12.2. The third-order valence-corrected chi connectivity index (χ3v) is 7.31. The molecule has 0 saturated heterocycles. The first-order valence-corrected chi connectivity index (χ1v) is 12.2. The van der Waals surface area contributed by atoms with Gasteiger partial charge in [-0.05, 0) is 32.2 Å². The van der Waals surface area contributed by atoms with Crippen LogP contribution in [0.3, 0.4) is 0 Å². The smallest absolute Gasteiger partial charge is 0.347 e. The lowest BCUT2D eigenvalue weighted by Crippen LogP contribution is -2.35. The van der Waals surface area contributed by atoms with Gasteiger partial charge in [0.05, 0.1) is 29.9 Å². The number of rotatable bonds is 2. The molecule has 4 bridgehead atoms. The highest BCUT2D eigenvalue weighted by atomic mass is 16.6. The average Bonchev–Trinajstić information content (AvgIpc) is 3.47. The molecule has 0 amide bonds. The van der Waals surface area contributed by atoms with E-state index in [0.29, 0.717) is 24.3 Å². The van der Waals surface area contributed by atoms with Crippen LogP contribution in [0.5, 0.6) is 0 Å². The van der Waals surface area contributed by atoms with Crippen LogP contribution in [-0.2, 0) is 25.6 Å². The molecule has 2 unspecified atom stereocenters. The van der Waals surface area contributed by atoms with Crippen LogP contribution in [-0.4, -0.2) is 72.2 Å². The van der Waals surface area contributed by atoms with E-state index in [1.54, 1.807) is 0 Å². The molecule has 0 radical (unpaired) electrons. The summed E-state index contributed by atoms with van der Waals surface area (Å²) in [5.41, 5.74) is 3.37. The second kappa shape index (κ2) is 8.66. The van der Waals surface area contributed by atoms with Gasteiger partial charge in [-0.3, -0.25) is 0 Å². The van der Waals surface area contributed by atoms with E-state index >= 15 is 0 Å². The predicted molar refractivity (Wildman–Crippen MR) is 133 cm³/mol. The van der Waals surface area contributed by atoms with Crippen molar-refractivity contribution in [2.24, 2.45) is 5.92 Å². The van der Waals surface area contributed by atoms with Crippen molar-refractivity contribution in [2.45, 2.75) is 25.1 Å². The van der Waals surface area contributed by atoms with E-state index in [1.807, 2.05) is 42.7 Å². The summed E-state index contributed by atoms with van der Waals surface area (Å²) in [6.07, 6.45) is 13.2. The molecule has 4 heterocycles. The number of cyclic esters (lactones) is 2. The van der Waals surface area contributed by atoms with E-state index < -0.39 is 11.9 Å². The molecule has 6 rings (SSSR count). The number of aryl methyl sites for hydroxylation is 1. The molecular formula is C28H29N3O4. The maximum atomic E-state index is 13.1. The third-order valence-electron chi connectivity index (χ3n) is 7.31. The van der Waals surface area contributed by atoms with E-state index in [0.717, 1.165) is 41.5 Å². The second-order valence-corrected chi connectivity index (χ2v) is 9.83. The highest BCUT2D eigenvalue weighted by Crippen LogP contribution is 2.43. The molecule has 35 heavy (non-hydrogen) atoms. The zero-order valence-electron chi connectivity index (χ0n) is 20.0. The number of nitrogens with zero attached hydrogens (tertiary/aromatic N) is 3. The number of hydrogen-bond acceptors (Lipinski definition) is 6. The summed E-state index contributed by atoms with van der Waals surface area (Å²) < 4.78 is 13.8. The summed E-state index contributed by atoms with van der Waals surface area (Å²) in [6.45, 7) is 2.85. The maximum absolute atomic E-state index is 13.1. The SMILES string of the molecule is CN(C)C[C@H]1CCn2cc(c3ccccc32)C2=C(C(=O)OC2=O)C2=CN(CCO1)C1C=CC=CC21. The fourth-order valence-electron chi connectivity index (χ4n) is 5.77. The van der Waals surface area contributed by atoms with Gasteiger partial charge in [0.15, 0.2) is 0 Å². The summed E-state index contributed by atoms with van der Waals surface area (Å²) in [4.78, 5) is 30.6. The van der Waals surface area contributed by atoms with Crippen LogP contribution >= 0.6 is 0 Å². The quantitative estimate of drug-likeness (QED) is 0.495. The molecule has 1 aromatic carbocycles. The number of carbonyl (C=O) groups excluding carboxylic acids is 2. The number of benzene rings is 1. The van der Waals surface area contributed by atoms with Crippen molar-refractivity contribution in [3.05, 3.63) is 77.7 Å². The summed E-state index contributed by atoms with van der Waals surface area (Å²) >= 11 is 0. The van der Waals surface area contributed by atoms with Gasteiger partial charge in [-0.2, -0.15) is 0 Å². The first kappa shape index (κ1) is 22.1. The van der Waals surface area contributed by atoms with E-state index in [9.17, 15) is 9.59 Å².